The van der Waals surface area contributed by atoms with Gasteiger partial charge in [-0.3, -0.25) is 0 Å². The van der Waals surface area contributed by atoms with E-state index in [4.69, 9.17) is 5.73 Å². The SMILES string of the molecule is CCC(C)(C(N)c1cccc(F)c1)N(C)C. The summed E-state index contributed by atoms with van der Waals surface area (Å²) in [6, 6.07) is 6.35. The Labute approximate surface area is 97.3 Å². The molecule has 0 fully saturated rings. The number of nitrogens with zero attached hydrogens (tertiary/aromatic N) is 1. The Morgan fingerprint density at radius 3 is 2.50 bits per heavy atom. The Kier molecular flexibility index (Phi) is 4.05. The van der Waals surface area contributed by atoms with Crippen LogP contribution in [0.4, 0.5) is 4.39 Å². The maximum atomic E-state index is 13.2. The summed E-state index contributed by atoms with van der Waals surface area (Å²) in [4.78, 5) is 2.10. The summed E-state index contributed by atoms with van der Waals surface area (Å²) >= 11 is 0. The van der Waals surface area contributed by atoms with E-state index in [9.17, 15) is 4.39 Å². The van der Waals surface area contributed by atoms with Crippen LogP contribution in [0.5, 0.6) is 0 Å². The molecule has 1 aromatic rings. The van der Waals surface area contributed by atoms with Gasteiger partial charge in [0.25, 0.3) is 0 Å². The summed E-state index contributed by atoms with van der Waals surface area (Å²) in [5.74, 6) is -0.231. The van der Waals surface area contributed by atoms with Gasteiger partial charge in [0.1, 0.15) is 5.82 Å². The maximum absolute atomic E-state index is 13.2. The lowest BCUT2D eigenvalue weighted by molar-refractivity contribution is 0.132. The normalized spacial score (nSPS) is 17.2. The predicted molar refractivity (Wildman–Crippen MR) is 65.7 cm³/mol. The minimum atomic E-state index is -0.231. The Bertz CT molecular complexity index is 352. The molecule has 2 nitrogen and oxygen atoms in total. The van der Waals surface area contributed by atoms with Crippen molar-refractivity contribution in [1.29, 1.82) is 0 Å². The molecular formula is C13H21FN2. The van der Waals surface area contributed by atoms with E-state index in [1.54, 1.807) is 6.07 Å². The summed E-state index contributed by atoms with van der Waals surface area (Å²) in [6.45, 7) is 4.20. The zero-order valence-electron chi connectivity index (χ0n) is 10.5. The van der Waals surface area contributed by atoms with Crippen molar-refractivity contribution in [3.63, 3.8) is 0 Å². The van der Waals surface area contributed by atoms with Crippen molar-refractivity contribution in [2.24, 2.45) is 5.73 Å². The molecule has 0 spiro atoms. The number of benzene rings is 1. The number of hydrogen-bond donors (Lipinski definition) is 1. The first-order chi connectivity index (χ1) is 7.41. The van der Waals surface area contributed by atoms with E-state index in [1.807, 2.05) is 20.2 Å². The molecule has 0 amide bonds. The standard InChI is InChI=1S/C13H21FN2/c1-5-13(2,16(3)4)12(15)10-7-6-8-11(14)9-10/h6-9,12H,5,15H2,1-4H3. The first kappa shape index (κ1) is 13.1. The van der Waals surface area contributed by atoms with Crippen LogP contribution >= 0.6 is 0 Å². The van der Waals surface area contributed by atoms with Crippen LogP contribution in [0.2, 0.25) is 0 Å². The Hall–Kier alpha value is -0.930. The topological polar surface area (TPSA) is 29.3 Å². The van der Waals surface area contributed by atoms with Gasteiger partial charge in [0.15, 0.2) is 0 Å². The number of nitrogens with two attached hydrogens (primary N) is 1. The fraction of sp³-hybridized carbons (Fsp3) is 0.538. The van der Waals surface area contributed by atoms with E-state index in [0.29, 0.717) is 0 Å². The average Bonchev–Trinajstić information content (AvgIpc) is 2.26. The van der Waals surface area contributed by atoms with Gasteiger partial charge in [-0.05, 0) is 45.1 Å². The van der Waals surface area contributed by atoms with E-state index >= 15 is 0 Å². The van der Waals surface area contributed by atoms with E-state index in [1.165, 1.54) is 12.1 Å². The summed E-state index contributed by atoms with van der Waals surface area (Å²) in [7, 11) is 4.01. The second-order valence-electron chi connectivity index (χ2n) is 4.64. The van der Waals surface area contributed by atoms with Crippen LogP contribution in [0.25, 0.3) is 0 Å². The molecule has 16 heavy (non-hydrogen) atoms. The van der Waals surface area contributed by atoms with Crippen LogP contribution in [-0.4, -0.2) is 24.5 Å². The smallest absolute Gasteiger partial charge is 0.123 e. The van der Waals surface area contributed by atoms with Gasteiger partial charge in [-0.2, -0.15) is 0 Å². The molecule has 3 heteroatoms. The van der Waals surface area contributed by atoms with E-state index in [2.05, 4.69) is 18.7 Å². The van der Waals surface area contributed by atoms with Crippen molar-refractivity contribution in [2.75, 3.05) is 14.1 Å². The number of hydrogen-bond acceptors (Lipinski definition) is 2. The summed E-state index contributed by atoms with van der Waals surface area (Å²) in [5, 5.41) is 0. The van der Waals surface area contributed by atoms with Gasteiger partial charge in [-0.15, -0.1) is 0 Å². The zero-order chi connectivity index (χ0) is 12.3. The van der Waals surface area contributed by atoms with Crippen molar-refractivity contribution in [2.45, 2.75) is 31.8 Å². The largest absolute Gasteiger partial charge is 0.322 e. The van der Waals surface area contributed by atoms with Gasteiger partial charge >= 0.3 is 0 Å². The molecule has 1 rings (SSSR count). The lowest BCUT2D eigenvalue weighted by atomic mass is 9.84. The Morgan fingerprint density at radius 1 is 1.44 bits per heavy atom. The molecule has 0 saturated carbocycles. The van der Waals surface area contributed by atoms with Gasteiger partial charge in [-0.25, -0.2) is 4.39 Å². The number of halogens is 1. The summed E-state index contributed by atoms with van der Waals surface area (Å²) < 4.78 is 13.2. The monoisotopic (exact) mass is 224 g/mol. The molecule has 2 unspecified atom stereocenters. The van der Waals surface area contributed by atoms with Crippen LogP contribution in [0.1, 0.15) is 31.9 Å². The molecule has 2 N–H and O–H groups in total. The molecule has 2 atom stereocenters. The van der Waals surface area contributed by atoms with Crippen LogP contribution in [0.15, 0.2) is 24.3 Å². The van der Waals surface area contributed by atoms with Crippen molar-refractivity contribution in [3.8, 4) is 0 Å². The second kappa shape index (κ2) is 4.93. The molecule has 0 heterocycles. The molecule has 0 bridgehead atoms. The average molecular weight is 224 g/mol. The van der Waals surface area contributed by atoms with E-state index in [0.717, 1.165) is 12.0 Å². The van der Waals surface area contributed by atoms with Gasteiger partial charge in [0, 0.05) is 11.6 Å². The van der Waals surface area contributed by atoms with Crippen molar-refractivity contribution >= 4 is 0 Å². The van der Waals surface area contributed by atoms with Gasteiger partial charge in [0.05, 0.1) is 0 Å². The quantitative estimate of drug-likeness (QED) is 0.851. The van der Waals surface area contributed by atoms with Crippen molar-refractivity contribution in [3.05, 3.63) is 35.6 Å². The van der Waals surface area contributed by atoms with Crippen LogP contribution in [-0.2, 0) is 0 Å². The third-order valence-electron chi connectivity index (χ3n) is 3.62. The second-order valence-corrected chi connectivity index (χ2v) is 4.64. The number of likely N-dealkylation sites (N-methyl/N-ethyl adjacent to an activating group) is 1. The molecule has 1 aromatic carbocycles. The van der Waals surface area contributed by atoms with Crippen LogP contribution < -0.4 is 5.73 Å². The van der Waals surface area contributed by atoms with E-state index < -0.39 is 0 Å². The van der Waals surface area contributed by atoms with Gasteiger partial charge in [-0.1, -0.05) is 19.1 Å². The molecular weight excluding hydrogens is 203 g/mol. The van der Waals surface area contributed by atoms with Gasteiger partial charge in [0.2, 0.25) is 0 Å². The third kappa shape index (κ3) is 2.42. The highest BCUT2D eigenvalue weighted by molar-refractivity contribution is 5.23. The Morgan fingerprint density at radius 2 is 2.06 bits per heavy atom. The predicted octanol–water partition coefficient (Wildman–Crippen LogP) is 2.56. The molecule has 0 saturated heterocycles. The highest BCUT2D eigenvalue weighted by Crippen LogP contribution is 2.30. The first-order valence-electron chi connectivity index (χ1n) is 5.60. The fourth-order valence-electron chi connectivity index (χ4n) is 1.87. The highest BCUT2D eigenvalue weighted by Gasteiger charge is 2.33. The summed E-state index contributed by atoms with van der Waals surface area (Å²) in [5.41, 5.74) is 6.93. The first-order valence-corrected chi connectivity index (χ1v) is 5.60. The Balaban J connectivity index is 3.04. The van der Waals surface area contributed by atoms with Crippen molar-refractivity contribution < 1.29 is 4.39 Å². The van der Waals surface area contributed by atoms with Gasteiger partial charge < -0.3 is 10.6 Å². The fourth-order valence-corrected chi connectivity index (χ4v) is 1.87. The van der Waals surface area contributed by atoms with E-state index in [-0.39, 0.29) is 17.4 Å². The van der Waals surface area contributed by atoms with Crippen LogP contribution in [0, 0.1) is 5.82 Å². The maximum Gasteiger partial charge on any atom is 0.123 e. The molecule has 0 aromatic heterocycles. The number of rotatable bonds is 4. The molecule has 0 aliphatic heterocycles. The highest BCUT2D eigenvalue weighted by atomic mass is 19.1. The minimum absolute atomic E-state index is 0.159. The molecule has 90 valence electrons. The molecule has 0 radical (unpaired) electrons. The molecule has 0 aliphatic carbocycles. The lowest BCUT2D eigenvalue weighted by Gasteiger charge is -2.41. The molecule has 0 aliphatic rings. The van der Waals surface area contributed by atoms with Crippen molar-refractivity contribution in [1.82, 2.24) is 4.90 Å². The third-order valence-corrected chi connectivity index (χ3v) is 3.62. The minimum Gasteiger partial charge on any atom is -0.322 e. The summed E-state index contributed by atoms with van der Waals surface area (Å²) in [6.07, 6.45) is 0.914. The van der Waals surface area contributed by atoms with Crippen LogP contribution in [0.3, 0.4) is 0 Å². The lowest BCUT2D eigenvalue weighted by Crippen LogP contribution is -2.49. The zero-order valence-corrected chi connectivity index (χ0v) is 10.5.